The molecule has 0 fully saturated rings. The largest absolute Gasteiger partial charge is 0.465 e. The molecule has 0 atom stereocenters. The second-order valence-corrected chi connectivity index (χ2v) is 5.34. The number of fused-ring (bicyclic) bond motifs is 1. The van der Waals surface area contributed by atoms with Crippen LogP contribution in [0.5, 0.6) is 0 Å². The van der Waals surface area contributed by atoms with Crippen LogP contribution in [0.3, 0.4) is 0 Å². The van der Waals surface area contributed by atoms with Gasteiger partial charge in [-0.3, -0.25) is 0 Å². The molecule has 0 aliphatic carbocycles. The number of esters is 1. The van der Waals surface area contributed by atoms with E-state index in [0.29, 0.717) is 22.9 Å². The fraction of sp³-hybridized carbons (Fsp3) is 0.176. The van der Waals surface area contributed by atoms with Gasteiger partial charge in [-0.1, -0.05) is 30.3 Å². The summed E-state index contributed by atoms with van der Waals surface area (Å²) in [6.45, 7) is 0. The summed E-state index contributed by atoms with van der Waals surface area (Å²) in [5, 5.41) is 4.50. The van der Waals surface area contributed by atoms with Crippen LogP contribution in [-0.4, -0.2) is 51.7 Å². The van der Waals surface area contributed by atoms with Crippen LogP contribution >= 0.6 is 0 Å². The van der Waals surface area contributed by atoms with E-state index in [9.17, 15) is 4.79 Å². The molecule has 0 aliphatic heterocycles. The average Bonchev–Trinajstić information content (AvgIpc) is 3.04. The number of benzene rings is 1. The van der Waals surface area contributed by atoms with Crippen molar-refractivity contribution < 1.29 is 9.53 Å². The first-order chi connectivity index (χ1) is 11.6. The first-order valence-corrected chi connectivity index (χ1v) is 7.34. The van der Waals surface area contributed by atoms with E-state index in [1.165, 1.54) is 13.3 Å². The molecule has 0 N–H and O–H groups in total. The summed E-state index contributed by atoms with van der Waals surface area (Å²) in [7, 11) is 5.12. The van der Waals surface area contributed by atoms with Crippen LogP contribution in [0, 0.1) is 0 Å². The van der Waals surface area contributed by atoms with Crippen molar-refractivity contribution in [2.75, 3.05) is 21.2 Å². The lowest BCUT2D eigenvalue weighted by atomic mass is 10.2. The highest BCUT2D eigenvalue weighted by molar-refractivity contribution is 5.92. The third-order valence-electron chi connectivity index (χ3n) is 3.37. The van der Waals surface area contributed by atoms with E-state index in [-0.39, 0.29) is 0 Å². The molecular weight excluding hydrogens is 306 g/mol. The van der Waals surface area contributed by atoms with Crippen molar-refractivity contribution in [2.24, 2.45) is 0 Å². The number of rotatable bonds is 4. The lowest BCUT2D eigenvalue weighted by Crippen LogP contribution is -2.10. The summed E-state index contributed by atoms with van der Waals surface area (Å²) < 4.78 is 6.39. The molecule has 0 spiro atoms. The van der Waals surface area contributed by atoms with E-state index in [1.54, 1.807) is 10.6 Å². The maximum Gasteiger partial charge on any atom is 0.341 e. The second-order valence-electron chi connectivity index (χ2n) is 5.34. The third kappa shape index (κ3) is 2.96. The molecule has 0 bridgehead atoms. The molecule has 7 heteroatoms. The van der Waals surface area contributed by atoms with Crippen molar-refractivity contribution in [1.29, 1.82) is 0 Å². The quantitative estimate of drug-likeness (QED) is 0.685. The molecule has 2 aromatic heterocycles. The Morgan fingerprint density at radius 2 is 2.00 bits per heavy atom. The third-order valence-corrected chi connectivity index (χ3v) is 3.37. The van der Waals surface area contributed by atoms with Gasteiger partial charge in [0, 0.05) is 32.1 Å². The van der Waals surface area contributed by atoms with Gasteiger partial charge < -0.3 is 9.64 Å². The molecule has 3 aromatic rings. The van der Waals surface area contributed by atoms with E-state index in [1.807, 2.05) is 55.5 Å². The first kappa shape index (κ1) is 15.7. The molecule has 0 saturated heterocycles. The highest BCUT2D eigenvalue weighted by Gasteiger charge is 2.17. The Bertz CT molecular complexity index is 900. The monoisotopic (exact) mass is 323 g/mol. The van der Waals surface area contributed by atoms with E-state index < -0.39 is 5.97 Å². The molecule has 2 heterocycles. The number of hydrogen-bond acceptors (Lipinski definition) is 6. The molecule has 7 nitrogen and oxygen atoms in total. The van der Waals surface area contributed by atoms with Gasteiger partial charge in [0.05, 0.1) is 12.8 Å². The molecule has 0 aliphatic rings. The number of hydrogen-bond donors (Lipinski definition) is 0. The minimum absolute atomic E-state index is 0.326. The second kappa shape index (κ2) is 6.49. The van der Waals surface area contributed by atoms with Gasteiger partial charge in [-0.2, -0.15) is 9.50 Å². The summed E-state index contributed by atoms with van der Waals surface area (Å²) in [4.78, 5) is 22.6. The van der Waals surface area contributed by atoms with Crippen LogP contribution in [0.25, 0.3) is 23.2 Å². The van der Waals surface area contributed by atoms with E-state index in [4.69, 9.17) is 4.74 Å². The van der Waals surface area contributed by atoms with Gasteiger partial charge in [0.1, 0.15) is 5.56 Å². The summed E-state index contributed by atoms with van der Waals surface area (Å²) >= 11 is 0. The van der Waals surface area contributed by atoms with Crippen molar-refractivity contribution in [3.05, 3.63) is 54.0 Å². The van der Waals surface area contributed by atoms with Gasteiger partial charge in [-0.15, -0.1) is 5.10 Å². The van der Waals surface area contributed by atoms with Crippen molar-refractivity contribution in [3.63, 3.8) is 0 Å². The molecule has 0 saturated carbocycles. The van der Waals surface area contributed by atoms with Crippen LogP contribution < -0.4 is 0 Å². The fourth-order valence-electron chi connectivity index (χ4n) is 2.21. The zero-order valence-electron chi connectivity index (χ0n) is 13.7. The number of methoxy groups -OCH3 is 1. The topological polar surface area (TPSA) is 72.6 Å². The summed E-state index contributed by atoms with van der Waals surface area (Å²) in [5.74, 6) is 0.490. The van der Waals surface area contributed by atoms with E-state index in [2.05, 4.69) is 15.1 Å². The smallest absolute Gasteiger partial charge is 0.341 e. The summed E-state index contributed by atoms with van der Waals surface area (Å²) in [6, 6.07) is 9.61. The van der Waals surface area contributed by atoms with Gasteiger partial charge in [0.15, 0.2) is 5.82 Å². The minimum Gasteiger partial charge on any atom is -0.465 e. The summed E-state index contributed by atoms with van der Waals surface area (Å²) in [6.07, 6.45) is 5.06. The average molecular weight is 323 g/mol. The zero-order chi connectivity index (χ0) is 17.1. The minimum atomic E-state index is -0.473. The molecular formula is C17H17N5O2. The van der Waals surface area contributed by atoms with Crippen LogP contribution in [0.2, 0.25) is 0 Å². The number of carbonyl (C=O) groups is 1. The normalized spacial score (nSPS) is 11.1. The van der Waals surface area contributed by atoms with Gasteiger partial charge in [0.2, 0.25) is 0 Å². The molecule has 0 amide bonds. The highest BCUT2D eigenvalue weighted by Crippen LogP contribution is 2.18. The maximum atomic E-state index is 12.0. The Labute approximate surface area is 139 Å². The van der Waals surface area contributed by atoms with Crippen LogP contribution in [-0.2, 0) is 4.74 Å². The van der Waals surface area contributed by atoms with Gasteiger partial charge in [-0.05, 0) is 6.08 Å². The Morgan fingerprint density at radius 1 is 1.25 bits per heavy atom. The van der Waals surface area contributed by atoms with Crippen LogP contribution in [0.4, 0.5) is 0 Å². The van der Waals surface area contributed by atoms with Crippen molar-refractivity contribution in [3.8, 4) is 11.4 Å². The Hall–Kier alpha value is -3.22. The molecule has 0 unspecified atom stereocenters. The van der Waals surface area contributed by atoms with Gasteiger partial charge >= 0.3 is 5.97 Å². The summed E-state index contributed by atoms with van der Waals surface area (Å²) in [5.41, 5.74) is 1.77. The van der Waals surface area contributed by atoms with E-state index in [0.717, 1.165) is 5.56 Å². The van der Waals surface area contributed by atoms with Crippen molar-refractivity contribution >= 4 is 17.8 Å². The van der Waals surface area contributed by atoms with Crippen molar-refractivity contribution in [1.82, 2.24) is 24.5 Å². The number of nitrogens with zero attached hydrogens (tertiary/aromatic N) is 5. The standard InChI is InChI=1S/C17H17N5O2/c1-21(2)10-9-14-13(16(23)24-3)11-18-17-19-15(20-22(14)17)12-7-5-4-6-8-12/h4-11H,1-3H3/b10-9+. The first-order valence-electron chi connectivity index (χ1n) is 7.34. The Morgan fingerprint density at radius 3 is 2.67 bits per heavy atom. The number of ether oxygens (including phenoxy) is 1. The Kier molecular flexibility index (Phi) is 4.24. The predicted molar refractivity (Wildman–Crippen MR) is 90.3 cm³/mol. The fourth-order valence-corrected chi connectivity index (χ4v) is 2.21. The van der Waals surface area contributed by atoms with Crippen LogP contribution in [0.1, 0.15) is 16.1 Å². The maximum absolute atomic E-state index is 12.0. The number of aromatic nitrogens is 4. The predicted octanol–water partition coefficient (Wildman–Crippen LogP) is 2.11. The lowest BCUT2D eigenvalue weighted by Gasteiger charge is -2.07. The molecule has 3 rings (SSSR count). The van der Waals surface area contributed by atoms with Gasteiger partial charge in [0.25, 0.3) is 5.78 Å². The Balaban J connectivity index is 2.21. The SMILES string of the molecule is COC(=O)c1cnc2nc(-c3ccccc3)nn2c1/C=C/N(C)C. The highest BCUT2D eigenvalue weighted by atomic mass is 16.5. The lowest BCUT2D eigenvalue weighted by molar-refractivity contribution is 0.0599. The molecule has 0 radical (unpaired) electrons. The molecule has 122 valence electrons. The van der Waals surface area contributed by atoms with Crippen LogP contribution in [0.15, 0.2) is 42.7 Å². The van der Waals surface area contributed by atoms with E-state index >= 15 is 0 Å². The number of carbonyl (C=O) groups excluding carboxylic acids is 1. The van der Waals surface area contributed by atoms with Gasteiger partial charge in [-0.25, -0.2) is 9.78 Å². The molecule has 24 heavy (non-hydrogen) atoms. The molecule has 1 aromatic carbocycles. The van der Waals surface area contributed by atoms with Crippen molar-refractivity contribution in [2.45, 2.75) is 0 Å². The zero-order valence-corrected chi connectivity index (χ0v) is 13.7.